The fraction of sp³-hybridized carbons (Fsp3) is 0.625. The van der Waals surface area contributed by atoms with Gasteiger partial charge in [0.1, 0.15) is 11.5 Å². The van der Waals surface area contributed by atoms with Crippen molar-refractivity contribution in [1.29, 1.82) is 0 Å². The van der Waals surface area contributed by atoms with Gasteiger partial charge in [-0.1, -0.05) is 43.6 Å². The first-order valence-electron chi connectivity index (χ1n) is 14.3. The summed E-state index contributed by atoms with van der Waals surface area (Å²) in [6.45, 7) is 11.4. The summed E-state index contributed by atoms with van der Waals surface area (Å²) in [6.07, 6.45) is 7.61. The fourth-order valence-corrected chi connectivity index (χ4v) is 4.75. The van der Waals surface area contributed by atoms with E-state index in [-0.39, 0.29) is 31.0 Å². The monoisotopic (exact) mass is 544 g/mol. The van der Waals surface area contributed by atoms with Gasteiger partial charge in [-0.05, 0) is 63.1 Å². The Bertz CT molecular complexity index is 993. The van der Waals surface area contributed by atoms with E-state index in [2.05, 4.69) is 26.5 Å². The summed E-state index contributed by atoms with van der Waals surface area (Å²) in [4.78, 5) is 26.0. The average Bonchev–Trinajstić information content (AvgIpc) is 2.80. The van der Waals surface area contributed by atoms with E-state index in [0.717, 1.165) is 49.7 Å². The number of unbranched alkanes of at least 4 members (excludes halogenated alkanes) is 2. The van der Waals surface area contributed by atoms with Gasteiger partial charge >= 0.3 is 12.1 Å². The SMILES string of the molecule is C=C(C)[C@@H]1CCC(C)=C[C@H]1c1c(OC(=O)CC[N+](C)(C)C)cc(CCCCC)cc1OC(=O)OC[N+](C)(C)C. The molecule has 0 aliphatic heterocycles. The Labute approximate surface area is 236 Å². The highest BCUT2D eigenvalue weighted by atomic mass is 16.7. The summed E-state index contributed by atoms with van der Waals surface area (Å²) in [7, 11) is 12.0. The summed E-state index contributed by atoms with van der Waals surface area (Å²) in [6, 6.07) is 3.89. The van der Waals surface area contributed by atoms with Crippen LogP contribution in [0.15, 0.2) is 35.9 Å². The predicted octanol–water partition coefficient (Wildman–Crippen LogP) is 6.62. The molecule has 0 fully saturated rings. The number of nitrogens with zero attached hydrogens (tertiary/aromatic N) is 2. The van der Waals surface area contributed by atoms with Gasteiger partial charge in [0.15, 0.2) is 0 Å². The second kappa shape index (κ2) is 14.1. The van der Waals surface area contributed by atoms with Crippen molar-refractivity contribution in [2.24, 2.45) is 5.92 Å². The zero-order valence-corrected chi connectivity index (χ0v) is 25.9. The van der Waals surface area contributed by atoms with Crippen molar-refractivity contribution < 1.29 is 32.8 Å². The maximum Gasteiger partial charge on any atom is 0.518 e. The lowest BCUT2D eigenvalue weighted by Gasteiger charge is -2.32. The molecule has 1 aliphatic rings. The smallest absolute Gasteiger partial charge is 0.426 e. The van der Waals surface area contributed by atoms with Crippen LogP contribution in [0.4, 0.5) is 4.79 Å². The van der Waals surface area contributed by atoms with Crippen molar-refractivity contribution in [2.45, 2.75) is 71.6 Å². The van der Waals surface area contributed by atoms with Gasteiger partial charge in [0.2, 0.25) is 6.73 Å². The highest BCUT2D eigenvalue weighted by Crippen LogP contribution is 2.47. The topological polar surface area (TPSA) is 61.8 Å². The number of aryl methyl sites for hydroxylation is 1. The summed E-state index contributed by atoms with van der Waals surface area (Å²) in [5, 5.41) is 0. The van der Waals surface area contributed by atoms with Gasteiger partial charge in [0.25, 0.3) is 0 Å². The van der Waals surface area contributed by atoms with Crippen molar-refractivity contribution in [1.82, 2.24) is 0 Å². The number of carbonyl (C=O) groups is 2. The molecule has 1 aromatic rings. The van der Waals surface area contributed by atoms with Crippen molar-refractivity contribution >= 4 is 12.1 Å². The zero-order chi connectivity index (χ0) is 29.4. The largest absolute Gasteiger partial charge is 0.518 e. The Morgan fingerprint density at radius 3 is 2.21 bits per heavy atom. The van der Waals surface area contributed by atoms with E-state index < -0.39 is 6.16 Å². The average molecular weight is 545 g/mol. The van der Waals surface area contributed by atoms with E-state index in [9.17, 15) is 9.59 Å². The first-order chi connectivity index (χ1) is 18.1. The van der Waals surface area contributed by atoms with E-state index in [0.29, 0.717) is 32.6 Å². The third kappa shape index (κ3) is 11.2. The van der Waals surface area contributed by atoms with Crippen LogP contribution in [0.2, 0.25) is 0 Å². The Balaban J connectivity index is 2.62. The van der Waals surface area contributed by atoms with E-state index in [1.807, 2.05) is 61.3 Å². The van der Waals surface area contributed by atoms with Gasteiger partial charge in [0, 0.05) is 11.5 Å². The molecule has 0 unspecified atom stereocenters. The molecule has 0 aromatic heterocycles. The minimum atomic E-state index is -0.763. The second-order valence-electron chi connectivity index (χ2n) is 13.1. The van der Waals surface area contributed by atoms with Crippen LogP contribution >= 0.6 is 0 Å². The van der Waals surface area contributed by atoms with Gasteiger partial charge in [0.05, 0.1) is 55.3 Å². The molecule has 39 heavy (non-hydrogen) atoms. The highest BCUT2D eigenvalue weighted by Gasteiger charge is 2.33. The third-order valence-corrected chi connectivity index (χ3v) is 6.92. The number of hydrogen-bond donors (Lipinski definition) is 0. The van der Waals surface area contributed by atoms with Crippen LogP contribution in [0.3, 0.4) is 0 Å². The van der Waals surface area contributed by atoms with E-state index in [1.165, 1.54) is 5.57 Å². The van der Waals surface area contributed by atoms with Crippen molar-refractivity contribution in [2.75, 3.05) is 55.6 Å². The van der Waals surface area contributed by atoms with Crippen LogP contribution in [-0.4, -0.2) is 76.7 Å². The molecular formula is C32H52N2O5+2. The molecule has 1 aromatic carbocycles. The van der Waals surface area contributed by atoms with Gasteiger partial charge < -0.3 is 18.7 Å². The standard InChI is InChI=1S/C32H52N2O5/c1-11-12-13-14-25-20-28(38-30(35)17-18-33(5,6)7)31(27-19-24(4)15-16-26(27)23(2)3)29(21-25)39-32(36)37-22-34(8,9)10/h19-21,26-27H,2,11-18,22H2,1,3-10H3/q+2/t26-,27+/m0/s1. The Hall–Kier alpha value is -2.64. The Morgan fingerprint density at radius 1 is 1.00 bits per heavy atom. The minimum Gasteiger partial charge on any atom is -0.426 e. The summed E-state index contributed by atoms with van der Waals surface area (Å²) >= 11 is 0. The lowest BCUT2D eigenvalue weighted by molar-refractivity contribution is -0.888. The molecular weight excluding hydrogens is 492 g/mol. The first kappa shape index (κ1) is 32.6. The molecule has 1 aliphatic carbocycles. The molecule has 0 N–H and O–H groups in total. The number of allylic oxidation sites excluding steroid dienone is 3. The molecule has 0 saturated heterocycles. The first-order valence-corrected chi connectivity index (χ1v) is 14.3. The van der Waals surface area contributed by atoms with E-state index >= 15 is 0 Å². The molecule has 0 heterocycles. The molecule has 2 atom stereocenters. The van der Waals surface area contributed by atoms with Gasteiger partial charge in [-0.15, -0.1) is 0 Å². The van der Waals surface area contributed by atoms with E-state index in [1.54, 1.807) is 0 Å². The van der Waals surface area contributed by atoms with Crippen molar-refractivity contribution in [3.05, 3.63) is 47.1 Å². The number of rotatable bonds is 13. The lowest BCUT2D eigenvalue weighted by atomic mass is 9.73. The summed E-state index contributed by atoms with van der Waals surface area (Å²) in [5.74, 6) is 0.562. The van der Waals surface area contributed by atoms with Crippen molar-refractivity contribution in [3.63, 3.8) is 0 Å². The van der Waals surface area contributed by atoms with Gasteiger partial charge in [-0.3, -0.25) is 9.28 Å². The zero-order valence-electron chi connectivity index (χ0n) is 25.9. The predicted molar refractivity (Wildman–Crippen MR) is 157 cm³/mol. The van der Waals surface area contributed by atoms with Gasteiger partial charge in [-0.2, -0.15) is 0 Å². The summed E-state index contributed by atoms with van der Waals surface area (Å²) < 4.78 is 18.6. The number of ether oxygens (including phenoxy) is 3. The second-order valence-corrected chi connectivity index (χ2v) is 13.1. The minimum absolute atomic E-state index is 0.132. The van der Waals surface area contributed by atoms with E-state index in [4.69, 9.17) is 14.2 Å². The molecule has 0 bridgehead atoms. The molecule has 0 saturated carbocycles. The number of carbonyl (C=O) groups excluding carboxylic acids is 2. The lowest BCUT2D eigenvalue weighted by Crippen LogP contribution is -2.38. The van der Waals surface area contributed by atoms with Crippen LogP contribution in [0.1, 0.15) is 76.3 Å². The third-order valence-electron chi connectivity index (χ3n) is 6.92. The molecule has 218 valence electrons. The number of quaternary nitrogens is 2. The maximum atomic E-state index is 13.1. The number of hydrogen-bond acceptors (Lipinski definition) is 5. The number of esters is 1. The quantitative estimate of drug-likeness (QED) is 0.0531. The normalized spacial score (nSPS) is 17.8. The van der Waals surface area contributed by atoms with Crippen LogP contribution in [0, 0.1) is 5.92 Å². The highest BCUT2D eigenvalue weighted by molar-refractivity contribution is 5.74. The van der Waals surface area contributed by atoms with Gasteiger partial charge in [-0.25, -0.2) is 4.79 Å². The molecule has 7 heteroatoms. The van der Waals surface area contributed by atoms with Crippen LogP contribution < -0.4 is 9.47 Å². The Morgan fingerprint density at radius 2 is 1.64 bits per heavy atom. The van der Waals surface area contributed by atoms with Crippen molar-refractivity contribution in [3.8, 4) is 11.5 Å². The van der Waals surface area contributed by atoms with Crippen LogP contribution in [0.5, 0.6) is 11.5 Å². The number of benzene rings is 1. The fourth-order valence-electron chi connectivity index (χ4n) is 4.75. The molecule has 0 spiro atoms. The molecule has 0 amide bonds. The van der Waals surface area contributed by atoms with Crippen LogP contribution in [0.25, 0.3) is 0 Å². The molecule has 0 radical (unpaired) electrons. The summed E-state index contributed by atoms with van der Waals surface area (Å²) in [5.41, 5.74) is 3.99. The Kier molecular flexibility index (Phi) is 11.8. The maximum absolute atomic E-state index is 13.1. The van der Waals surface area contributed by atoms with Crippen LogP contribution in [-0.2, 0) is 16.0 Å². The molecule has 7 nitrogen and oxygen atoms in total. The molecule has 2 rings (SSSR count).